The molecule has 1 fully saturated rings. The Morgan fingerprint density at radius 3 is 2.59 bits per heavy atom. The fraction of sp³-hybridized carbons (Fsp3) is 0.190. The molecule has 3 heterocycles. The van der Waals surface area contributed by atoms with Crippen LogP contribution in [0, 0.1) is 17.1 Å². The molecule has 1 aromatic carbocycles. The molecular weight excluding hydrogens is 391 g/mol. The lowest BCUT2D eigenvalue weighted by Gasteiger charge is -2.34. The number of aromatic nitrogens is 1. The van der Waals surface area contributed by atoms with Crippen molar-refractivity contribution in [2.24, 2.45) is 0 Å². The molecule has 146 valence electrons. The van der Waals surface area contributed by atoms with Crippen molar-refractivity contribution in [3.63, 3.8) is 0 Å². The van der Waals surface area contributed by atoms with Gasteiger partial charge in [-0.3, -0.25) is 4.79 Å². The van der Waals surface area contributed by atoms with E-state index in [0.29, 0.717) is 38.0 Å². The van der Waals surface area contributed by atoms with E-state index < -0.39 is 0 Å². The second-order valence-corrected chi connectivity index (χ2v) is 7.41. The first-order chi connectivity index (χ1) is 14.1. The Bertz CT molecular complexity index is 1060. The highest BCUT2D eigenvalue weighted by molar-refractivity contribution is 7.12. The Labute approximate surface area is 171 Å². The summed E-state index contributed by atoms with van der Waals surface area (Å²) < 4.78 is 18.8. The number of carbonyl (C=O) groups excluding carboxylic acids is 1. The van der Waals surface area contributed by atoms with E-state index in [1.54, 1.807) is 29.2 Å². The molecule has 1 aliphatic heterocycles. The summed E-state index contributed by atoms with van der Waals surface area (Å²) in [5.41, 5.74) is 1.01. The Morgan fingerprint density at radius 1 is 1.17 bits per heavy atom. The molecule has 8 heteroatoms. The number of halogens is 1. The molecule has 1 aliphatic rings. The van der Waals surface area contributed by atoms with Crippen molar-refractivity contribution in [3.8, 4) is 6.07 Å². The van der Waals surface area contributed by atoms with Crippen LogP contribution in [0.4, 0.5) is 10.3 Å². The number of nitrogens with zero attached hydrogens (tertiary/aromatic N) is 4. The van der Waals surface area contributed by atoms with E-state index in [9.17, 15) is 14.4 Å². The quantitative estimate of drug-likeness (QED) is 0.655. The van der Waals surface area contributed by atoms with E-state index in [1.807, 2.05) is 22.4 Å². The van der Waals surface area contributed by atoms with E-state index in [1.165, 1.54) is 23.5 Å². The van der Waals surface area contributed by atoms with Gasteiger partial charge in [0.25, 0.3) is 5.91 Å². The van der Waals surface area contributed by atoms with Gasteiger partial charge >= 0.3 is 0 Å². The van der Waals surface area contributed by atoms with Crippen LogP contribution in [0.2, 0.25) is 0 Å². The Balaban J connectivity index is 1.44. The van der Waals surface area contributed by atoms with Gasteiger partial charge in [-0.15, -0.1) is 11.3 Å². The number of rotatable bonds is 4. The maximum absolute atomic E-state index is 13.0. The molecule has 0 unspecified atom stereocenters. The van der Waals surface area contributed by atoms with Crippen LogP contribution >= 0.6 is 11.3 Å². The van der Waals surface area contributed by atoms with E-state index >= 15 is 0 Å². The predicted octanol–water partition coefficient (Wildman–Crippen LogP) is 3.88. The molecule has 0 aliphatic carbocycles. The van der Waals surface area contributed by atoms with Crippen molar-refractivity contribution >= 4 is 35.3 Å². The lowest BCUT2D eigenvalue weighted by molar-refractivity contribution is 0.0750. The van der Waals surface area contributed by atoms with Gasteiger partial charge in [0, 0.05) is 32.3 Å². The first kappa shape index (κ1) is 18.9. The van der Waals surface area contributed by atoms with Crippen LogP contribution in [0.15, 0.2) is 46.2 Å². The monoisotopic (exact) mass is 408 g/mol. The van der Waals surface area contributed by atoms with Gasteiger partial charge in [-0.25, -0.2) is 4.39 Å². The number of piperazine rings is 1. The minimum absolute atomic E-state index is 0.0284. The number of thiophene rings is 1. The second kappa shape index (κ2) is 8.29. The van der Waals surface area contributed by atoms with Gasteiger partial charge in [-0.1, -0.05) is 18.2 Å². The van der Waals surface area contributed by atoms with Crippen molar-refractivity contribution in [2.45, 2.75) is 0 Å². The maximum Gasteiger partial charge on any atom is 0.264 e. The highest BCUT2D eigenvalue weighted by Gasteiger charge is 2.26. The summed E-state index contributed by atoms with van der Waals surface area (Å²) in [5.74, 6) is 0.442. The molecule has 1 amide bonds. The van der Waals surface area contributed by atoms with E-state index in [0.717, 1.165) is 10.4 Å². The minimum atomic E-state index is -0.302. The molecule has 0 spiro atoms. The number of carbonyl (C=O) groups is 1. The van der Waals surface area contributed by atoms with Gasteiger partial charge in [0.05, 0.1) is 4.88 Å². The summed E-state index contributed by atoms with van der Waals surface area (Å²) in [4.78, 5) is 21.2. The summed E-state index contributed by atoms with van der Waals surface area (Å²) in [5, 5.41) is 11.3. The molecule has 4 rings (SSSR count). The third kappa shape index (κ3) is 4.20. The van der Waals surface area contributed by atoms with E-state index in [4.69, 9.17) is 4.42 Å². The third-order valence-electron chi connectivity index (χ3n) is 4.61. The van der Waals surface area contributed by atoms with Gasteiger partial charge in [0.15, 0.2) is 0 Å². The minimum Gasteiger partial charge on any atom is -0.420 e. The zero-order valence-corrected chi connectivity index (χ0v) is 16.2. The second-order valence-electron chi connectivity index (χ2n) is 6.46. The van der Waals surface area contributed by atoms with Crippen LogP contribution in [-0.2, 0) is 0 Å². The summed E-state index contributed by atoms with van der Waals surface area (Å²) in [6.45, 7) is 2.20. The number of oxazole rings is 1. The van der Waals surface area contributed by atoms with Crippen LogP contribution in [0.5, 0.6) is 0 Å². The molecule has 0 radical (unpaired) electrons. The summed E-state index contributed by atoms with van der Waals surface area (Å²) in [6.07, 6.45) is 3.39. The summed E-state index contributed by atoms with van der Waals surface area (Å²) >= 11 is 1.43. The van der Waals surface area contributed by atoms with Crippen LogP contribution in [0.25, 0.3) is 12.2 Å². The fourth-order valence-electron chi connectivity index (χ4n) is 3.10. The number of amides is 1. The number of benzene rings is 1. The number of hydrogen-bond acceptors (Lipinski definition) is 6. The van der Waals surface area contributed by atoms with Gasteiger partial charge in [-0.2, -0.15) is 10.2 Å². The Kier molecular flexibility index (Phi) is 5.40. The molecule has 2 aromatic heterocycles. The van der Waals surface area contributed by atoms with Crippen LogP contribution in [0.1, 0.15) is 26.8 Å². The van der Waals surface area contributed by atoms with Crippen LogP contribution < -0.4 is 4.90 Å². The first-order valence-electron chi connectivity index (χ1n) is 9.06. The number of hydrogen-bond donors (Lipinski definition) is 0. The molecule has 0 N–H and O–H groups in total. The average molecular weight is 408 g/mol. The van der Waals surface area contributed by atoms with Gasteiger partial charge in [-0.05, 0) is 35.2 Å². The number of nitriles is 1. The SMILES string of the molecule is N#Cc1nc(C=Cc2ccc(F)cc2)oc1N1CCN(C(=O)c2cccs2)CC1. The van der Waals surface area contributed by atoms with Crippen molar-refractivity contribution in [1.82, 2.24) is 9.88 Å². The zero-order valence-electron chi connectivity index (χ0n) is 15.4. The van der Waals surface area contributed by atoms with Crippen molar-refractivity contribution in [1.29, 1.82) is 5.26 Å². The fourth-order valence-corrected chi connectivity index (χ4v) is 3.79. The molecule has 0 bridgehead atoms. The Morgan fingerprint density at radius 2 is 1.93 bits per heavy atom. The third-order valence-corrected chi connectivity index (χ3v) is 5.46. The molecule has 6 nitrogen and oxygen atoms in total. The largest absolute Gasteiger partial charge is 0.420 e. The summed E-state index contributed by atoms with van der Waals surface area (Å²) in [6, 6.07) is 11.8. The molecule has 29 heavy (non-hydrogen) atoms. The van der Waals surface area contributed by atoms with Crippen LogP contribution in [0.3, 0.4) is 0 Å². The molecule has 1 saturated heterocycles. The number of anilines is 1. The lowest BCUT2D eigenvalue weighted by atomic mass is 10.2. The van der Waals surface area contributed by atoms with E-state index in [2.05, 4.69) is 11.1 Å². The van der Waals surface area contributed by atoms with Gasteiger partial charge < -0.3 is 14.2 Å². The standard InChI is InChI=1S/C21H17FN4O2S/c22-16-6-3-15(4-7-16)5-8-19-24-17(14-23)21(28-19)26-11-9-25(10-12-26)20(27)18-2-1-13-29-18/h1-8,13H,9-12H2. The van der Waals surface area contributed by atoms with Crippen LogP contribution in [-0.4, -0.2) is 42.0 Å². The van der Waals surface area contributed by atoms with Gasteiger partial charge in [0.2, 0.25) is 17.5 Å². The highest BCUT2D eigenvalue weighted by atomic mass is 32.1. The maximum atomic E-state index is 13.0. The molecular formula is C21H17FN4O2S. The zero-order chi connectivity index (χ0) is 20.2. The molecule has 3 aromatic rings. The van der Waals surface area contributed by atoms with E-state index in [-0.39, 0.29) is 17.4 Å². The smallest absolute Gasteiger partial charge is 0.264 e. The lowest BCUT2D eigenvalue weighted by Crippen LogP contribution is -2.48. The molecule has 0 atom stereocenters. The van der Waals surface area contributed by atoms with Crippen molar-refractivity contribution in [3.05, 3.63) is 69.6 Å². The molecule has 0 saturated carbocycles. The Hall–Kier alpha value is -3.44. The van der Waals surface area contributed by atoms with Crippen molar-refractivity contribution in [2.75, 3.05) is 31.1 Å². The predicted molar refractivity (Wildman–Crippen MR) is 109 cm³/mol. The topological polar surface area (TPSA) is 73.4 Å². The highest BCUT2D eigenvalue weighted by Crippen LogP contribution is 2.25. The first-order valence-corrected chi connectivity index (χ1v) is 9.94. The van der Waals surface area contributed by atoms with Gasteiger partial charge in [0.1, 0.15) is 11.9 Å². The normalized spacial score (nSPS) is 14.3. The van der Waals surface area contributed by atoms with Crippen molar-refractivity contribution < 1.29 is 13.6 Å². The summed E-state index contributed by atoms with van der Waals surface area (Å²) in [7, 11) is 0. The average Bonchev–Trinajstić information content (AvgIpc) is 3.43.